The van der Waals surface area contributed by atoms with Crippen molar-refractivity contribution in [2.24, 2.45) is 0 Å². The highest BCUT2D eigenvalue weighted by molar-refractivity contribution is 8.18. The van der Waals surface area contributed by atoms with Crippen molar-refractivity contribution in [2.75, 3.05) is 13.1 Å². The Bertz CT molecular complexity index is 410. The van der Waals surface area contributed by atoms with Crippen molar-refractivity contribution in [3.63, 3.8) is 0 Å². The molecule has 0 unspecified atom stereocenters. The fourth-order valence-corrected chi connectivity index (χ4v) is 3.80. The summed E-state index contributed by atoms with van der Waals surface area (Å²) >= 11 is 1.08. The van der Waals surface area contributed by atoms with Crippen molar-refractivity contribution in [3.8, 4) is 0 Å². The molecule has 1 aliphatic heterocycles. The number of unbranched alkanes of at least 4 members (excludes halogenated alkanes) is 11. The predicted octanol–water partition coefficient (Wildman–Crippen LogP) is 4.51. The molecule has 0 aliphatic carbocycles. The number of carbonyl (C=O) groups excluding carboxylic acids is 2. The van der Waals surface area contributed by atoms with Crippen LogP contribution in [0.1, 0.15) is 84.0 Å². The van der Waals surface area contributed by atoms with Crippen LogP contribution in [0.5, 0.6) is 0 Å². The second-order valence-electron chi connectivity index (χ2n) is 6.57. The Labute approximate surface area is 151 Å². The van der Waals surface area contributed by atoms with Gasteiger partial charge in [0, 0.05) is 0 Å². The Hall–Kier alpha value is -0.810. The Kier molecular flexibility index (Phi) is 11.9. The van der Waals surface area contributed by atoms with E-state index in [0.717, 1.165) is 24.6 Å². The summed E-state index contributed by atoms with van der Waals surface area (Å²) in [5.74, 6) is -0.128. The molecule has 1 heterocycles. The van der Waals surface area contributed by atoms with Crippen molar-refractivity contribution in [1.29, 1.82) is 0 Å². The number of hydrogen-bond donors (Lipinski definition) is 1. The van der Waals surface area contributed by atoms with Crippen LogP contribution < -0.4 is 5.73 Å². The summed E-state index contributed by atoms with van der Waals surface area (Å²) in [7, 11) is 0. The zero-order valence-electron chi connectivity index (χ0n) is 15.4. The van der Waals surface area contributed by atoms with Gasteiger partial charge in [-0.15, -0.1) is 0 Å². The van der Waals surface area contributed by atoms with E-state index in [2.05, 4.69) is 12.7 Å². The minimum Gasteiger partial charge on any atom is -0.356 e. The van der Waals surface area contributed by atoms with Crippen LogP contribution in [0, 0.1) is 0 Å². The third kappa shape index (κ3) is 8.34. The van der Waals surface area contributed by atoms with Gasteiger partial charge < -0.3 is 5.73 Å². The molecule has 5 heteroatoms. The topological polar surface area (TPSA) is 65.0 Å². The van der Waals surface area contributed by atoms with Gasteiger partial charge in [0.15, 0.2) is 0 Å². The quantitative estimate of drug-likeness (QED) is 0.368. The lowest BCUT2D eigenvalue weighted by Crippen LogP contribution is -2.55. The average Bonchev–Trinajstić information content (AvgIpc) is 2.84. The first-order valence-electron chi connectivity index (χ1n) is 9.73. The summed E-state index contributed by atoms with van der Waals surface area (Å²) < 4.78 is 0. The molecule has 0 radical (unpaired) electrons. The van der Waals surface area contributed by atoms with Gasteiger partial charge in [0.1, 0.15) is 0 Å². The number of allylic oxidation sites excluding steroid dienone is 1. The first-order chi connectivity index (χ1) is 11.7. The summed E-state index contributed by atoms with van der Waals surface area (Å²) in [5.41, 5.74) is 3.70. The third-order valence-corrected chi connectivity index (χ3v) is 5.35. The number of thioether (sulfide) groups is 1. The molecule has 0 aromatic carbocycles. The van der Waals surface area contributed by atoms with Crippen LogP contribution >= 0.6 is 11.8 Å². The van der Waals surface area contributed by atoms with Gasteiger partial charge in [0.2, 0.25) is 0 Å². The van der Waals surface area contributed by atoms with Crippen LogP contribution in [0.25, 0.3) is 0 Å². The number of rotatable bonds is 14. The zero-order chi connectivity index (χ0) is 17.6. The minimum absolute atomic E-state index is 0.128. The van der Waals surface area contributed by atoms with Crippen LogP contribution in [0.3, 0.4) is 0 Å². The maximum Gasteiger partial charge on any atom is 0.293 e. The highest BCUT2D eigenvalue weighted by Crippen LogP contribution is 2.30. The highest BCUT2D eigenvalue weighted by atomic mass is 32.2. The summed E-state index contributed by atoms with van der Waals surface area (Å²) in [5, 5.41) is -0.145. The lowest BCUT2D eigenvalue weighted by molar-refractivity contribution is -0.367. The second kappa shape index (κ2) is 13.5. The Morgan fingerprint density at radius 2 is 1.46 bits per heavy atom. The number of carbonyl (C=O) groups is 2. The van der Waals surface area contributed by atoms with Crippen LogP contribution in [0.2, 0.25) is 0 Å². The molecule has 24 heavy (non-hydrogen) atoms. The SMILES string of the molecule is CCCCCCCCCCCCC/C=C1\SC(=O)N(CC[NH3+])C1=O. The fraction of sp³-hybridized carbons (Fsp3) is 0.789. The lowest BCUT2D eigenvalue weighted by Gasteiger charge is -2.08. The van der Waals surface area contributed by atoms with E-state index in [1.807, 2.05) is 6.08 Å². The van der Waals surface area contributed by atoms with E-state index in [4.69, 9.17) is 0 Å². The van der Waals surface area contributed by atoms with Gasteiger partial charge in [-0.25, -0.2) is 0 Å². The smallest absolute Gasteiger partial charge is 0.293 e. The molecule has 0 aromatic heterocycles. The van der Waals surface area contributed by atoms with Gasteiger partial charge in [-0.3, -0.25) is 14.5 Å². The zero-order valence-corrected chi connectivity index (χ0v) is 16.2. The van der Waals surface area contributed by atoms with Gasteiger partial charge in [0.25, 0.3) is 11.1 Å². The number of quaternary nitrogens is 1. The lowest BCUT2D eigenvalue weighted by atomic mass is 10.1. The predicted molar refractivity (Wildman–Crippen MR) is 102 cm³/mol. The monoisotopic (exact) mass is 355 g/mol. The number of amides is 2. The Balaban J connectivity index is 2.00. The van der Waals surface area contributed by atoms with E-state index in [1.54, 1.807) is 0 Å². The van der Waals surface area contributed by atoms with Gasteiger partial charge in [-0.05, 0) is 24.6 Å². The van der Waals surface area contributed by atoms with Crippen LogP contribution in [-0.4, -0.2) is 29.1 Å². The molecular formula is C19H35N2O2S+. The van der Waals surface area contributed by atoms with E-state index in [9.17, 15) is 9.59 Å². The van der Waals surface area contributed by atoms with Crippen LogP contribution in [0.4, 0.5) is 4.79 Å². The molecule has 0 saturated carbocycles. The first-order valence-corrected chi connectivity index (χ1v) is 10.6. The highest BCUT2D eigenvalue weighted by Gasteiger charge is 2.34. The standard InChI is InChI=1S/C19H34N2O2S/c1-2-3-4-5-6-7-8-9-10-11-12-13-14-17-18(22)21(16-15-20)19(23)24-17/h14H,2-13,15-16,20H2,1H3/p+1/b17-14-. The molecule has 3 N–H and O–H groups in total. The average molecular weight is 356 g/mol. The van der Waals surface area contributed by atoms with Crippen LogP contribution in [0.15, 0.2) is 11.0 Å². The largest absolute Gasteiger partial charge is 0.356 e. The minimum atomic E-state index is -0.145. The number of hydrogen-bond acceptors (Lipinski definition) is 3. The molecule has 2 amide bonds. The summed E-state index contributed by atoms with van der Waals surface area (Å²) in [4.78, 5) is 25.7. The third-order valence-electron chi connectivity index (χ3n) is 4.39. The molecule has 0 aromatic rings. The fourth-order valence-electron chi connectivity index (χ4n) is 2.93. The molecule has 0 spiro atoms. The first kappa shape index (κ1) is 21.2. The van der Waals surface area contributed by atoms with E-state index in [0.29, 0.717) is 18.0 Å². The normalized spacial score (nSPS) is 16.6. The van der Waals surface area contributed by atoms with Crippen LogP contribution in [-0.2, 0) is 4.79 Å². The molecule has 0 atom stereocenters. The molecule has 4 nitrogen and oxygen atoms in total. The summed E-state index contributed by atoms with van der Waals surface area (Å²) in [6.45, 7) is 3.26. The van der Waals surface area contributed by atoms with Gasteiger partial charge in [0.05, 0.1) is 18.0 Å². The number of imide groups is 1. The van der Waals surface area contributed by atoms with E-state index < -0.39 is 0 Å². The van der Waals surface area contributed by atoms with Crippen molar-refractivity contribution in [1.82, 2.24) is 4.90 Å². The van der Waals surface area contributed by atoms with E-state index in [1.165, 1.54) is 69.1 Å². The molecule has 1 aliphatic rings. The summed E-state index contributed by atoms with van der Waals surface area (Å²) in [6.07, 6.45) is 17.4. The molecule has 138 valence electrons. The van der Waals surface area contributed by atoms with E-state index in [-0.39, 0.29) is 11.1 Å². The molecule has 1 fully saturated rings. The van der Waals surface area contributed by atoms with E-state index >= 15 is 0 Å². The van der Waals surface area contributed by atoms with Crippen molar-refractivity contribution < 1.29 is 15.3 Å². The Morgan fingerprint density at radius 1 is 0.917 bits per heavy atom. The molecular weight excluding hydrogens is 320 g/mol. The maximum absolute atomic E-state index is 12.0. The maximum atomic E-state index is 12.0. The van der Waals surface area contributed by atoms with Crippen molar-refractivity contribution >= 4 is 22.9 Å². The Morgan fingerprint density at radius 3 is 2.00 bits per heavy atom. The van der Waals surface area contributed by atoms with Gasteiger partial charge >= 0.3 is 0 Å². The van der Waals surface area contributed by atoms with Gasteiger partial charge in [-0.2, -0.15) is 0 Å². The van der Waals surface area contributed by atoms with Crippen molar-refractivity contribution in [2.45, 2.75) is 84.0 Å². The van der Waals surface area contributed by atoms with Gasteiger partial charge in [-0.1, -0.05) is 77.2 Å². The molecule has 0 bridgehead atoms. The van der Waals surface area contributed by atoms with Crippen molar-refractivity contribution in [3.05, 3.63) is 11.0 Å². The molecule has 1 rings (SSSR count). The summed E-state index contributed by atoms with van der Waals surface area (Å²) in [6, 6.07) is 0. The molecule has 1 saturated heterocycles. The number of nitrogens with zero attached hydrogens (tertiary/aromatic N) is 1. The second-order valence-corrected chi connectivity index (χ2v) is 7.56.